The Morgan fingerprint density at radius 3 is 2.87 bits per heavy atom. The first kappa shape index (κ1) is 10.2. The van der Waals surface area contributed by atoms with Crippen molar-refractivity contribution >= 4 is 5.97 Å². The number of carbonyl (C=O) groups excluding carboxylic acids is 1. The summed E-state index contributed by atoms with van der Waals surface area (Å²) in [5.41, 5.74) is 1.05. The lowest BCUT2D eigenvalue weighted by atomic mass is 10.2. The van der Waals surface area contributed by atoms with Crippen LogP contribution < -0.4 is 5.32 Å². The van der Waals surface area contributed by atoms with E-state index in [0.29, 0.717) is 6.61 Å². The predicted molar refractivity (Wildman–Crippen MR) is 56.1 cm³/mol. The van der Waals surface area contributed by atoms with Crippen molar-refractivity contribution in [1.29, 1.82) is 0 Å². The lowest BCUT2D eigenvalue weighted by Crippen LogP contribution is -2.88. The van der Waals surface area contributed by atoms with Crippen molar-refractivity contribution in [2.45, 2.75) is 25.5 Å². The van der Waals surface area contributed by atoms with Crippen molar-refractivity contribution in [2.24, 2.45) is 0 Å². The number of benzene rings is 1. The number of ether oxygens (including phenoxy) is 1. The summed E-state index contributed by atoms with van der Waals surface area (Å²) >= 11 is 0. The predicted octanol–water partition coefficient (Wildman–Crippen LogP) is 0.456. The van der Waals surface area contributed by atoms with Gasteiger partial charge in [0, 0.05) is 12.8 Å². The zero-order valence-corrected chi connectivity index (χ0v) is 8.69. The minimum Gasteiger partial charge on any atom is -0.456 e. The number of esters is 1. The number of carbonyl (C=O) groups is 1. The molecule has 0 radical (unpaired) electrons. The third kappa shape index (κ3) is 2.80. The monoisotopic (exact) mass is 206 g/mol. The van der Waals surface area contributed by atoms with Crippen LogP contribution in [0.4, 0.5) is 0 Å². The van der Waals surface area contributed by atoms with Gasteiger partial charge in [-0.15, -0.1) is 0 Å². The lowest BCUT2D eigenvalue weighted by molar-refractivity contribution is -0.659. The average molecular weight is 206 g/mol. The summed E-state index contributed by atoms with van der Waals surface area (Å²) in [5.74, 6) is -0.0728. The molecule has 1 aromatic carbocycles. The van der Waals surface area contributed by atoms with E-state index in [-0.39, 0.29) is 12.0 Å². The third-order valence-corrected chi connectivity index (χ3v) is 2.70. The van der Waals surface area contributed by atoms with Crippen LogP contribution in [0, 0.1) is 0 Å². The molecule has 1 saturated heterocycles. The van der Waals surface area contributed by atoms with Crippen LogP contribution in [0.25, 0.3) is 0 Å². The van der Waals surface area contributed by atoms with Crippen LogP contribution in [-0.4, -0.2) is 18.6 Å². The van der Waals surface area contributed by atoms with E-state index < -0.39 is 0 Å². The van der Waals surface area contributed by atoms with E-state index in [1.807, 2.05) is 30.3 Å². The Morgan fingerprint density at radius 2 is 2.20 bits per heavy atom. The van der Waals surface area contributed by atoms with Gasteiger partial charge in [-0.2, -0.15) is 0 Å². The molecule has 0 unspecified atom stereocenters. The first-order valence-corrected chi connectivity index (χ1v) is 5.40. The summed E-state index contributed by atoms with van der Waals surface area (Å²) in [6.07, 6.45) is 2.07. The molecule has 1 aromatic rings. The maximum absolute atomic E-state index is 11.6. The molecular formula is C12H16NO2+. The smallest absolute Gasteiger partial charge is 0.365 e. The summed E-state index contributed by atoms with van der Waals surface area (Å²) in [4.78, 5) is 11.6. The van der Waals surface area contributed by atoms with Gasteiger partial charge in [0.1, 0.15) is 6.61 Å². The Bertz CT molecular complexity index is 318. The van der Waals surface area contributed by atoms with Crippen LogP contribution >= 0.6 is 0 Å². The maximum Gasteiger partial charge on any atom is 0.365 e. The summed E-state index contributed by atoms with van der Waals surface area (Å²) < 4.78 is 5.24. The van der Waals surface area contributed by atoms with E-state index in [1.165, 1.54) is 0 Å². The van der Waals surface area contributed by atoms with Crippen LogP contribution in [0.15, 0.2) is 30.3 Å². The van der Waals surface area contributed by atoms with Gasteiger partial charge in [-0.25, -0.2) is 4.79 Å². The van der Waals surface area contributed by atoms with Crippen LogP contribution in [0.3, 0.4) is 0 Å². The van der Waals surface area contributed by atoms with Crippen molar-refractivity contribution in [3.8, 4) is 0 Å². The SMILES string of the molecule is O=C(OCc1ccccc1)[C@@H]1CCC[NH2+]1. The molecule has 3 nitrogen and oxygen atoms in total. The van der Waals surface area contributed by atoms with Crippen LogP contribution in [0.5, 0.6) is 0 Å². The molecule has 15 heavy (non-hydrogen) atoms. The Hall–Kier alpha value is -1.35. The molecule has 0 bridgehead atoms. The van der Waals surface area contributed by atoms with E-state index in [9.17, 15) is 4.79 Å². The third-order valence-electron chi connectivity index (χ3n) is 2.70. The minimum atomic E-state index is -0.0728. The molecule has 1 aliphatic rings. The van der Waals surface area contributed by atoms with Crippen molar-refractivity contribution in [2.75, 3.05) is 6.54 Å². The van der Waals surface area contributed by atoms with Gasteiger partial charge in [-0.3, -0.25) is 0 Å². The Balaban J connectivity index is 1.80. The maximum atomic E-state index is 11.6. The van der Waals surface area contributed by atoms with Gasteiger partial charge in [0.05, 0.1) is 6.54 Å². The highest BCUT2D eigenvalue weighted by molar-refractivity contribution is 5.74. The first-order chi connectivity index (χ1) is 7.36. The van der Waals surface area contributed by atoms with Crippen molar-refractivity contribution in [3.63, 3.8) is 0 Å². The number of hydrogen-bond donors (Lipinski definition) is 1. The number of rotatable bonds is 3. The highest BCUT2D eigenvalue weighted by atomic mass is 16.5. The van der Waals surface area contributed by atoms with Crippen molar-refractivity contribution in [3.05, 3.63) is 35.9 Å². The molecule has 0 spiro atoms. The Kier molecular flexibility index (Phi) is 3.35. The van der Waals surface area contributed by atoms with Gasteiger partial charge in [-0.1, -0.05) is 30.3 Å². The fourth-order valence-electron chi connectivity index (χ4n) is 1.82. The largest absolute Gasteiger partial charge is 0.456 e. The fraction of sp³-hybridized carbons (Fsp3) is 0.417. The zero-order chi connectivity index (χ0) is 10.5. The van der Waals surface area contributed by atoms with Gasteiger partial charge < -0.3 is 10.1 Å². The molecule has 1 heterocycles. The van der Waals surface area contributed by atoms with Crippen LogP contribution in [0.2, 0.25) is 0 Å². The molecular weight excluding hydrogens is 190 g/mol. The highest BCUT2D eigenvalue weighted by Gasteiger charge is 2.27. The van der Waals surface area contributed by atoms with E-state index >= 15 is 0 Å². The summed E-state index contributed by atoms with van der Waals surface area (Å²) in [6, 6.07) is 9.82. The molecule has 0 amide bonds. The average Bonchev–Trinajstić information content (AvgIpc) is 2.81. The first-order valence-electron chi connectivity index (χ1n) is 5.40. The van der Waals surface area contributed by atoms with Crippen LogP contribution in [0.1, 0.15) is 18.4 Å². The number of nitrogens with two attached hydrogens (primary N) is 1. The number of quaternary nitrogens is 1. The van der Waals surface area contributed by atoms with Gasteiger partial charge in [0.25, 0.3) is 0 Å². The summed E-state index contributed by atoms with van der Waals surface area (Å²) in [7, 11) is 0. The van der Waals surface area contributed by atoms with Gasteiger partial charge >= 0.3 is 5.97 Å². The normalized spacial score (nSPS) is 20.1. The minimum absolute atomic E-state index is 0.0358. The van der Waals surface area contributed by atoms with Gasteiger partial charge in [0.15, 0.2) is 6.04 Å². The van der Waals surface area contributed by atoms with Crippen molar-refractivity contribution < 1.29 is 14.8 Å². The Morgan fingerprint density at radius 1 is 1.40 bits per heavy atom. The second-order valence-electron chi connectivity index (χ2n) is 3.87. The molecule has 3 heteroatoms. The molecule has 0 aliphatic carbocycles. The molecule has 80 valence electrons. The molecule has 1 fully saturated rings. The highest BCUT2D eigenvalue weighted by Crippen LogP contribution is 2.04. The van der Waals surface area contributed by atoms with E-state index in [0.717, 1.165) is 24.9 Å². The second-order valence-corrected chi connectivity index (χ2v) is 3.87. The van der Waals surface area contributed by atoms with Crippen molar-refractivity contribution in [1.82, 2.24) is 0 Å². The molecule has 1 atom stereocenters. The lowest BCUT2D eigenvalue weighted by Gasteiger charge is -2.07. The standard InChI is InChI=1S/C12H15NO2/c14-12(11-7-4-8-13-11)15-9-10-5-2-1-3-6-10/h1-3,5-6,11,13H,4,7-9H2/p+1/t11-/m0/s1. The van der Waals surface area contributed by atoms with Gasteiger partial charge in [-0.05, 0) is 5.56 Å². The molecule has 0 aromatic heterocycles. The zero-order valence-electron chi connectivity index (χ0n) is 8.69. The summed E-state index contributed by atoms with van der Waals surface area (Å²) in [5, 5.41) is 2.06. The fourth-order valence-corrected chi connectivity index (χ4v) is 1.82. The quantitative estimate of drug-likeness (QED) is 0.730. The van der Waals surface area contributed by atoms with E-state index in [4.69, 9.17) is 4.74 Å². The molecule has 0 saturated carbocycles. The van der Waals surface area contributed by atoms with E-state index in [1.54, 1.807) is 0 Å². The molecule has 2 N–H and O–H groups in total. The molecule has 2 rings (SSSR count). The van der Waals surface area contributed by atoms with E-state index in [2.05, 4.69) is 5.32 Å². The van der Waals surface area contributed by atoms with Gasteiger partial charge in [0.2, 0.25) is 0 Å². The molecule has 1 aliphatic heterocycles. The topological polar surface area (TPSA) is 42.9 Å². The van der Waals surface area contributed by atoms with Crippen LogP contribution in [-0.2, 0) is 16.1 Å². The summed E-state index contributed by atoms with van der Waals surface area (Å²) in [6.45, 7) is 1.44. The number of hydrogen-bond acceptors (Lipinski definition) is 2. The Labute approximate surface area is 89.4 Å². The second kappa shape index (κ2) is 4.94.